The lowest BCUT2D eigenvalue weighted by Crippen LogP contribution is -2.06. The zero-order valence-electron chi connectivity index (χ0n) is 10.6. The number of nitro benzene ring substituents is 1. The van der Waals surface area contributed by atoms with Crippen LogP contribution in [0.25, 0.3) is 0 Å². The number of carbonyl (C=O) groups excluding carboxylic acids is 1. The summed E-state index contributed by atoms with van der Waals surface area (Å²) in [6.45, 7) is -0.0371. The van der Waals surface area contributed by atoms with E-state index in [-0.39, 0.29) is 12.2 Å². The number of hydrogen-bond acceptors (Lipinski definition) is 4. The number of nitro groups is 1. The highest BCUT2D eigenvalue weighted by molar-refractivity contribution is 6.30. The molecular weight excluding hydrogens is 301 g/mol. The number of nitrogens with zero attached hydrogens (tertiary/aromatic N) is 1. The largest absolute Gasteiger partial charge is 0.457 e. The second-order valence-corrected chi connectivity index (χ2v) is 4.57. The van der Waals surface area contributed by atoms with Crippen molar-refractivity contribution in [1.29, 1.82) is 0 Å². The van der Waals surface area contributed by atoms with Gasteiger partial charge < -0.3 is 4.74 Å². The van der Waals surface area contributed by atoms with Crippen molar-refractivity contribution in [3.63, 3.8) is 0 Å². The van der Waals surface area contributed by atoms with Gasteiger partial charge in [-0.15, -0.1) is 0 Å². The average Bonchev–Trinajstić information content (AvgIpc) is 2.45. The quantitative estimate of drug-likeness (QED) is 0.490. The maximum Gasteiger partial charge on any atom is 0.338 e. The van der Waals surface area contributed by atoms with Crippen LogP contribution in [0.2, 0.25) is 5.02 Å². The lowest BCUT2D eigenvalue weighted by molar-refractivity contribution is -0.387. The summed E-state index contributed by atoms with van der Waals surface area (Å²) in [6, 6.07) is 9.55. The monoisotopic (exact) mass is 309 g/mol. The molecule has 2 aromatic carbocycles. The second kappa shape index (κ2) is 6.32. The Hall–Kier alpha value is -2.47. The minimum atomic E-state index is -1.01. The van der Waals surface area contributed by atoms with Crippen molar-refractivity contribution in [3.8, 4) is 0 Å². The Balaban J connectivity index is 2.10. The van der Waals surface area contributed by atoms with E-state index >= 15 is 0 Å². The minimum absolute atomic E-state index is 0.0371. The summed E-state index contributed by atoms with van der Waals surface area (Å²) in [5.41, 5.74) is -0.190. The van der Waals surface area contributed by atoms with Crippen molar-refractivity contribution in [2.45, 2.75) is 6.61 Å². The fourth-order valence-electron chi connectivity index (χ4n) is 1.64. The van der Waals surface area contributed by atoms with Gasteiger partial charge in [-0.05, 0) is 29.8 Å². The first-order chi connectivity index (χ1) is 9.97. The molecule has 0 amide bonds. The SMILES string of the molecule is O=C(OCc1cccc(Cl)c1)c1ccc(F)c([N+](=O)[O-])c1. The highest BCUT2D eigenvalue weighted by atomic mass is 35.5. The lowest BCUT2D eigenvalue weighted by atomic mass is 10.2. The third kappa shape index (κ3) is 3.76. The first-order valence-corrected chi connectivity index (χ1v) is 6.20. The van der Waals surface area contributed by atoms with E-state index in [1.807, 2.05) is 0 Å². The van der Waals surface area contributed by atoms with Crippen LogP contribution in [0.5, 0.6) is 0 Å². The molecule has 0 aliphatic heterocycles. The van der Waals surface area contributed by atoms with Crippen LogP contribution in [-0.4, -0.2) is 10.9 Å². The fourth-order valence-corrected chi connectivity index (χ4v) is 1.85. The molecule has 0 aromatic heterocycles. The Morgan fingerprint density at radius 2 is 2.05 bits per heavy atom. The van der Waals surface area contributed by atoms with Gasteiger partial charge in [-0.25, -0.2) is 4.79 Å². The zero-order valence-corrected chi connectivity index (χ0v) is 11.3. The zero-order chi connectivity index (χ0) is 15.4. The normalized spacial score (nSPS) is 10.2. The Kier molecular flexibility index (Phi) is 4.49. The Morgan fingerprint density at radius 3 is 2.71 bits per heavy atom. The van der Waals surface area contributed by atoms with Crippen LogP contribution in [0.4, 0.5) is 10.1 Å². The van der Waals surface area contributed by atoms with E-state index in [4.69, 9.17) is 16.3 Å². The molecule has 0 saturated heterocycles. The molecule has 0 radical (unpaired) electrons. The minimum Gasteiger partial charge on any atom is -0.457 e. The van der Waals surface area contributed by atoms with E-state index in [9.17, 15) is 19.3 Å². The molecule has 7 heteroatoms. The van der Waals surface area contributed by atoms with Crippen LogP contribution >= 0.6 is 11.6 Å². The van der Waals surface area contributed by atoms with Crippen molar-refractivity contribution in [3.05, 3.63) is 74.5 Å². The molecule has 2 rings (SSSR count). The van der Waals surface area contributed by atoms with Gasteiger partial charge in [0, 0.05) is 11.1 Å². The van der Waals surface area contributed by atoms with Crippen LogP contribution in [0.1, 0.15) is 15.9 Å². The van der Waals surface area contributed by atoms with Crippen LogP contribution in [0, 0.1) is 15.9 Å². The van der Waals surface area contributed by atoms with Crippen LogP contribution in [0.3, 0.4) is 0 Å². The maximum atomic E-state index is 13.2. The highest BCUT2D eigenvalue weighted by Crippen LogP contribution is 2.19. The van der Waals surface area contributed by atoms with Gasteiger partial charge in [-0.1, -0.05) is 23.7 Å². The molecule has 0 unspecified atom stereocenters. The van der Waals surface area contributed by atoms with E-state index in [1.165, 1.54) is 0 Å². The predicted molar refractivity (Wildman–Crippen MR) is 73.6 cm³/mol. The van der Waals surface area contributed by atoms with Crippen molar-refractivity contribution < 1.29 is 18.8 Å². The standard InChI is InChI=1S/C14H9ClFNO4/c15-11-3-1-2-9(6-11)8-21-14(18)10-4-5-12(16)13(7-10)17(19)20/h1-7H,8H2. The van der Waals surface area contributed by atoms with Gasteiger partial charge in [0.2, 0.25) is 5.82 Å². The van der Waals surface area contributed by atoms with E-state index < -0.39 is 22.4 Å². The Labute approximate surface area is 124 Å². The smallest absolute Gasteiger partial charge is 0.338 e. The molecule has 0 N–H and O–H groups in total. The number of hydrogen-bond donors (Lipinski definition) is 0. The van der Waals surface area contributed by atoms with Gasteiger partial charge in [0.1, 0.15) is 6.61 Å². The molecular formula is C14H9ClFNO4. The number of carbonyl (C=O) groups is 1. The summed E-state index contributed by atoms with van der Waals surface area (Å²) in [4.78, 5) is 21.5. The van der Waals surface area contributed by atoms with E-state index in [0.717, 1.165) is 18.2 Å². The number of rotatable bonds is 4. The second-order valence-electron chi connectivity index (χ2n) is 4.13. The van der Waals surface area contributed by atoms with Crippen molar-refractivity contribution in [2.24, 2.45) is 0 Å². The van der Waals surface area contributed by atoms with Crippen molar-refractivity contribution >= 4 is 23.3 Å². The molecule has 0 spiro atoms. The van der Waals surface area contributed by atoms with Gasteiger partial charge in [-0.3, -0.25) is 10.1 Å². The lowest BCUT2D eigenvalue weighted by Gasteiger charge is -2.05. The maximum absolute atomic E-state index is 13.2. The molecule has 5 nitrogen and oxygen atoms in total. The van der Waals surface area contributed by atoms with Gasteiger partial charge in [0.25, 0.3) is 0 Å². The van der Waals surface area contributed by atoms with Crippen molar-refractivity contribution in [2.75, 3.05) is 0 Å². The Morgan fingerprint density at radius 1 is 1.29 bits per heavy atom. The number of esters is 1. The molecule has 108 valence electrons. The van der Waals surface area contributed by atoms with Crippen LogP contribution in [0.15, 0.2) is 42.5 Å². The average molecular weight is 310 g/mol. The number of benzene rings is 2. The summed E-state index contributed by atoms with van der Waals surface area (Å²) in [7, 11) is 0. The topological polar surface area (TPSA) is 69.4 Å². The molecule has 0 aliphatic rings. The highest BCUT2D eigenvalue weighted by Gasteiger charge is 2.18. The van der Waals surface area contributed by atoms with E-state index in [0.29, 0.717) is 10.6 Å². The van der Waals surface area contributed by atoms with Crippen molar-refractivity contribution in [1.82, 2.24) is 0 Å². The van der Waals surface area contributed by atoms with Gasteiger partial charge in [0.15, 0.2) is 0 Å². The third-order valence-corrected chi connectivity index (χ3v) is 2.87. The summed E-state index contributed by atoms with van der Waals surface area (Å²) < 4.78 is 18.2. The number of ether oxygens (including phenoxy) is 1. The molecule has 0 bridgehead atoms. The summed E-state index contributed by atoms with van der Waals surface area (Å²) in [5.74, 6) is -1.79. The first kappa shape index (κ1) is 14.9. The van der Waals surface area contributed by atoms with Gasteiger partial charge in [-0.2, -0.15) is 4.39 Å². The van der Waals surface area contributed by atoms with E-state index in [1.54, 1.807) is 24.3 Å². The van der Waals surface area contributed by atoms with E-state index in [2.05, 4.69) is 0 Å². The summed E-state index contributed by atoms with van der Waals surface area (Å²) in [6.07, 6.45) is 0. The molecule has 0 saturated carbocycles. The molecule has 0 aliphatic carbocycles. The molecule has 0 fully saturated rings. The molecule has 0 heterocycles. The molecule has 0 atom stereocenters. The van der Waals surface area contributed by atoms with Crippen LogP contribution in [-0.2, 0) is 11.3 Å². The predicted octanol–water partition coefficient (Wildman–Crippen LogP) is 3.74. The first-order valence-electron chi connectivity index (χ1n) is 5.83. The van der Waals surface area contributed by atoms with Gasteiger partial charge in [0.05, 0.1) is 10.5 Å². The third-order valence-electron chi connectivity index (χ3n) is 2.64. The summed E-state index contributed by atoms with van der Waals surface area (Å²) >= 11 is 5.79. The Bertz CT molecular complexity index is 705. The fraction of sp³-hybridized carbons (Fsp3) is 0.0714. The van der Waals surface area contributed by atoms with Crippen LogP contribution < -0.4 is 0 Å². The number of halogens is 2. The molecule has 2 aromatic rings. The molecule has 21 heavy (non-hydrogen) atoms. The summed E-state index contributed by atoms with van der Waals surface area (Å²) in [5, 5.41) is 11.1. The van der Waals surface area contributed by atoms with Gasteiger partial charge >= 0.3 is 11.7 Å².